The van der Waals surface area contributed by atoms with Crippen LogP contribution in [-0.2, 0) is 19.7 Å². The van der Waals surface area contributed by atoms with Gasteiger partial charge in [0, 0.05) is 50.0 Å². The number of fused-ring (bicyclic) bond motifs is 2. The van der Waals surface area contributed by atoms with E-state index < -0.39 is 19.7 Å². The first-order valence-corrected chi connectivity index (χ1v) is 26.4. The number of benzene rings is 2. The largest absolute Gasteiger partial charge is 0.494 e. The molecule has 368 valence electrons. The molecule has 0 spiro atoms. The average Bonchev–Trinajstić information content (AvgIpc) is 3.98. The second kappa shape index (κ2) is 20.7. The number of nitrogens with one attached hydrogen (secondary N) is 1. The number of nitrogen functional groups attached to an aromatic ring is 1. The molecular formula is C46H57ClN12O8S2. The van der Waals surface area contributed by atoms with Crippen LogP contribution in [0.2, 0.25) is 5.28 Å². The molecule has 2 atom stereocenters. The van der Waals surface area contributed by atoms with Gasteiger partial charge in [-0.3, -0.25) is 0 Å². The Balaban J connectivity index is 0.000000155. The van der Waals surface area contributed by atoms with Crippen LogP contribution in [-0.4, -0.2) is 132 Å². The molecule has 23 heteroatoms. The van der Waals surface area contributed by atoms with Crippen LogP contribution in [0.1, 0.15) is 37.1 Å². The molecule has 2 saturated heterocycles. The first kappa shape index (κ1) is 49.0. The second-order valence-electron chi connectivity index (χ2n) is 17.5. The summed E-state index contributed by atoms with van der Waals surface area (Å²) in [4.78, 5) is 29.8. The molecule has 0 aliphatic carbocycles. The maximum absolute atomic E-state index is 11.8. The van der Waals surface area contributed by atoms with Crippen LogP contribution in [0, 0.1) is 25.7 Å². The lowest BCUT2D eigenvalue weighted by Crippen LogP contribution is -2.48. The van der Waals surface area contributed by atoms with Crippen molar-refractivity contribution >= 4 is 60.2 Å². The highest BCUT2D eigenvalue weighted by atomic mass is 35.5. The molecule has 0 saturated carbocycles. The van der Waals surface area contributed by atoms with Crippen molar-refractivity contribution in [3.05, 3.63) is 90.5 Å². The minimum Gasteiger partial charge on any atom is -0.494 e. The molecule has 0 amide bonds. The van der Waals surface area contributed by atoms with Gasteiger partial charge in [0.1, 0.15) is 44.4 Å². The number of nitrogens with two attached hydrogens (primary N) is 1. The Labute approximate surface area is 407 Å². The number of ether oxygens (including phenoxy) is 4. The molecular weight excluding hydrogens is 948 g/mol. The standard InChI is InChI=1S/C23H28N6O4S.C12H16ClN3O3S.C11H13N3O/c1-15-12-29(14-25-15)18-5-4-17(10-20(18)32-3)26-23-24-11-21-22(27-23)28(2)19(13-33-21)16-6-8-34(30,31)9-7-16;1-16-9(8-2-4-20(17,18)5-3-8)7-19-10-6-14-12(13)15-11(10)16;1-8-6-14(7-13-8)10-4-3-9(12)5-11(10)15-2/h4-5,10-12,14,16,19H,6-9,13H2,1-3H3,(H,24,26,27);6,8-9H,2-5,7H2,1H3;3-7H,12H2,1-2H3. The third-order valence-electron chi connectivity index (χ3n) is 12.8. The summed E-state index contributed by atoms with van der Waals surface area (Å²) < 4.78 is 73.0. The number of aromatic nitrogens is 8. The lowest BCUT2D eigenvalue weighted by Gasteiger charge is -2.40. The molecule has 6 aromatic rings. The summed E-state index contributed by atoms with van der Waals surface area (Å²) in [5.74, 6) is 6.03. The van der Waals surface area contributed by atoms with Gasteiger partial charge >= 0.3 is 0 Å². The number of likely N-dealkylation sites (N-methyl/N-ethyl adjacent to an activating group) is 2. The van der Waals surface area contributed by atoms with E-state index in [1.165, 1.54) is 0 Å². The summed E-state index contributed by atoms with van der Waals surface area (Å²) in [7, 11) is 1.43. The van der Waals surface area contributed by atoms with E-state index in [9.17, 15) is 16.8 Å². The molecule has 4 aliphatic heterocycles. The zero-order valence-corrected chi connectivity index (χ0v) is 41.7. The molecule has 2 fully saturated rings. The molecule has 0 bridgehead atoms. The first-order valence-electron chi connectivity index (χ1n) is 22.4. The SMILES string of the molecule is CN1c2nc(Cl)ncc2OCC1C1CCS(=O)(=O)CC1.COc1cc(N)ccc1-n1cnc(C)c1.COc1cc(Nc2ncc3c(n2)N(C)C(C2CCS(=O)(=O)CC2)CO3)ccc1-n1cnc(C)c1. The summed E-state index contributed by atoms with van der Waals surface area (Å²) in [6.45, 7) is 4.91. The number of anilines is 5. The Morgan fingerprint density at radius 3 is 1.65 bits per heavy atom. The average molecular weight is 1010 g/mol. The number of imidazole rings is 2. The Morgan fingerprint density at radius 1 is 0.681 bits per heavy atom. The third kappa shape index (κ3) is 11.6. The zero-order valence-electron chi connectivity index (χ0n) is 39.3. The van der Waals surface area contributed by atoms with Gasteiger partial charge in [0.25, 0.3) is 0 Å². The van der Waals surface area contributed by atoms with Crippen LogP contribution >= 0.6 is 11.6 Å². The van der Waals surface area contributed by atoms with E-state index in [-0.39, 0.29) is 46.3 Å². The summed E-state index contributed by atoms with van der Waals surface area (Å²) >= 11 is 5.83. The second-order valence-corrected chi connectivity index (χ2v) is 22.4. The molecule has 4 aromatic heterocycles. The summed E-state index contributed by atoms with van der Waals surface area (Å²) in [5, 5.41) is 3.44. The summed E-state index contributed by atoms with van der Waals surface area (Å²) in [6, 6.07) is 11.5. The van der Waals surface area contributed by atoms with Gasteiger partial charge in [0.2, 0.25) is 11.2 Å². The van der Waals surface area contributed by atoms with E-state index in [0.717, 1.165) is 34.2 Å². The Hall–Kier alpha value is -6.39. The normalized spacial score (nSPS) is 19.5. The van der Waals surface area contributed by atoms with Gasteiger partial charge in [-0.25, -0.2) is 36.8 Å². The van der Waals surface area contributed by atoms with Crippen molar-refractivity contribution in [3.8, 4) is 34.4 Å². The maximum atomic E-state index is 11.8. The third-order valence-corrected chi connectivity index (χ3v) is 16.4. The van der Waals surface area contributed by atoms with E-state index in [2.05, 4.69) is 35.1 Å². The molecule has 69 heavy (non-hydrogen) atoms. The molecule has 2 aromatic carbocycles. The molecule has 2 unspecified atom stereocenters. The number of methoxy groups -OCH3 is 2. The van der Waals surface area contributed by atoms with Crippen LogP contribution in [0.3, 0.4) is 0 Å². The van der Waals surface area contributed by atoms with Crippen molar-refractivity contribution in [1.82, 2.24) is 39.0 Å². The highest BCUT2D eigenvalue weighted by Crippen LogP contribution is 2.38. The van der Waals surface area contributed by atoms with Gasteiger partial charge in [-0.1, -0.05) is 0 Å². The van der Waals surface area contributed by atoms with E-state index in [4.69, 9.17) is 41.3 Å². The van der Waals surface area contributed by atoms with Crippen molar-refractivity contribution in [2.75, 3.05) is 85.4 Å². The smallest absolute Gasteiger partial charge is 0.229 e. The number of rotatable bonds is 8. The first-order chi connectivity index (χ1) is 33.0. The van der Waals surface area contributed by atoms with Crippen molar-refractivity contribution in [2.24, 2.45) is 11.8 Å². The fourth-order valence-corrected chi connectivity index (χ4v) is 12.1. The van der Waals surface area contributed by atoms with E-state index in [1.54, 1.807) is 45.3 Å². The predicted octanol–water partition coefficient (Wildman–Crippen LogP) is 5.67. The van der Waals surface area contributed by atoms with Gasteiger partial charge in [-0.05, 0) is 87.2 Å². The van der Waals surface area contributed by atoms with E-state index >= 15 is 0 Å². The Bertz CT molecular complexity index is 2980. The van der Waals surface area contributed by atoms with Gasteiger partial charge < -0.3 is 48.9 Å². The fourth-order valence-electron chi connectivity index (χ4n) is 8.96. The highest BCUT2D eigenvalue weighted by molar-refractivity contribution is 7.91. The van der Waals surface area contributed by atoms with Crippen LogP contribution in [0.4, 0.5) is 29.0 Å². The van der Waals surface area contributed by atoms with Crippen LogP contribution in [0.5, 0.6) is 23.0 Å². The molecule has 10 rings (SSSR count). The van der Waals surface area contributed by atoms with Crippen molar-refractivity contribution < 1.29 is 35.8 Å². The predicted molar refractivity (Wildman–Crippen MR) is 265 cm³/mol. The van der Waals surface area contributed by atoms with Gasteiger partial charge in [-0.2, -0.15) is 9.97 Å². The number of hydrogen-bond donors (Lipinski definition) is 2. The molecule has 20 nitrogen and oxygen atoms in total. The number of sulfone groups is 2. The van der Waals surface area contributed by atoms with Crippen molar-refractivity contribution in [1.29, 1.82) is 0 Å². The van der Waals surface area contributed by atoms with Crippen LogP contribution in [0.15, 0.2) is 73.8 Å². The summed E-state index contributed by atoms with van der Waals surface area (Å²) in [6.07, 6.45) is 13.3. The zero-order chi connectivity index (χ0) is 49.0. The Kier molecular flexibility index (Phi) is 14.7. The minimum atomic E-state index is -2.91. The maximum Gasteiger partial charge on any atom is 0.229 e. The number of halogens is 1. The molecule has 0 radical (unpaired) electrons. The van der Waals surface area contributed by atoms with Gasteiger partial charge in [-0.15, -0.1) is 0 Å². The minimum absolute atomic E-state index is 0.0729. The number of aryl methyl sites for hydroxylation is 2. The van der Waals surface area contributed by atoms with Crippen LogP contribution in [0.25, 0.3) is 11.4 Å². The quantitative estimate of drug-likeness (QED) is 0.138. The monoisotopic (exact) mass is 1000 g/mol. The molecule has 3 N–H and O–H groups in total. The van der Waals surface area contributed by atoms with E-state index in [1.807, 2.05) is 84.7 Å². The number of hydrogen-bond acceptors (Lipinski definition) is 18. The topological polar surface area (TPSA) is 237 Å². The summed E-state index contributed by atoms with van der Waals surface area (Å²) in [5.41, 5.74) is 10.9. The van der Waals surface area contributed by atoms with Gasteiger partial charge in [0.05, 0.1) is 97.1 Å². The van der Waals surface area contributed by atoms with Crippen LogP contribution < -0.4 is 39.8 Å². The lowest BCUT2D eigenvalue weighted by molar-refractivity contribution is 0.213. The number of nitrogens with zero attached hydrogens (tertiary/aromatic N) is 10. The lowest BCUT2D eigenvalue weighted by atomic mass is 9.92. The van der Waals surface area contributed by atoms with Gasteiger partial charge in [0.15, 0.2) is 23.1 Å². The van der Waals surface area contributed by atoms with Crippen molar-refractivity contribution in [2.45, 2.75) is 51.6 Å². The van der Waals surface area contributed by atoms with E-state index in [0.29, 0.717) is 85.3 Å². The fraction of sp³-hybridized carbons (Fsp3) is 0.435. The van der Waals surface area contributed by atoms with Crippen molar-refractivity contribution in [3.63, 3.8) is 0 Å². The molecule has 8 heterocycles. The molecule has 4 aliphatic rings. The Morgan fingerprint density at radius 2 is 1.16 bits per heavy atom. The highest BCUT2D eigenvalue weighted by Gasteiger charge is 2.38.